The number of furan rings is 1. The summed E-state index contributed by atoms with van der Waals surface area (Å²) in [6.45, 7) is 10.4. The molecule has 2 aromatic carbocycles. The van der Waals surface area contributed by atoms with Gasteiger partial charge in [0.2, 0.25) is 17.4 Å². The lowest BCUT2D eigenvalue weighted by atomic mass is 10.2. The summed E-state index contributed by atoms with van der Waals surface area (Å²) in [6.07, 6.45) is 2.78. The number of ether oxygens (including phenoxy) is 1. The number of carbonyl (C=O) groups is 1. The van der Waals surface area contributed by atoms with Crippen molar-refractivity contribution in [3.05, 3.63) is 73.5 Å². The van der Waals surface area contributed by atoms with Crippen LogP contribution in [0.15, 0.2) is 77.9 Å². The fraction of sp³-hybridized carbons (Fsp3) is 0.250. The first-order valence-electron chi connectivity index (χ1n) is 12.3. The Kier molecular flexibility index (Phi) is 7.04. The molecule has 1 aliphatic heterocycles. The summed E-state index contributed by atoms with van der Waals surface area (Å²) in [5, 5.41) is 2.73. The molecule has 2 aromatic heterocycles. The van der Waals surface area contributed by atoms with Gasteiger partial charge in [0.05, 0.1) is 6.26 Å². The predicted molar refractivity (Wildman–Crippen MR) is 146 cm³/mol. The van der Waals surface area contributed by atoms with Crippen LogP contribution in [-0.4, -0.2) is 60.5 Å². The van der Waals surface area contributed by atoms with Crippen molar-refractivity contribution in [1.82, 2.24) is 14.9 Å². The molecular weight excluding hydrogens is 468 g/mol. The molecule has 1 aliphatic rings. The largest absolute Gasteiger partial charge is 0.457 e. The second-order valence-corrected chi connectivity index (χ2v) is 8.84. The Morgan fingerprint density at radius 3 is 2.65 bits per heavy atom. The lowest BCUT2D eigenvalue weighted by molar-refractivity contribution is -0.111. The highest BCUT2D eigenvalue weighted by Crippen LogP contribution is 2.33. The van der Waals surface area contributed by atoms with Crippen LogP contribution in [0.3, 0.4) is 0 Å². The standard InChI is InChI=1S/C28H30N6O3/c1-4-25(35)29-20-7-6-8-23(19-20)37-27-26-24(13-18-36-26)30-28(31-27)34(5-2)22-11-9-21(10-12-22)33-16-14-32(3)15-17-33/h4,6-13,18-19H,1,5,14-17H2,2-3H3,(H,29,35). The van der Waals surface area contributed by atoms with Crippen LogP contribution in [0, 0.1) is 0 Å². The van der Waals surface area contributed by atoms with E-state index in [4.69, 9.17) is 19.1 Å². The van der Waals surface area contributed by atoms with E-state index in [9.17, 15) is 4.79 Å². The lowest BCUT2D eigenvalue weighted by Gasteiger charge is -2.34. The quantitative estimate of drug-likeness (QED) is 0.338. The number of fused-ring (bicyclic) bond motifs is 1. The molecular formula is C28H30N6O3. The van der Waals surface area contributed by atoms with Crippen LogP contribution in [0.25, 0.3) is 11.1 Å². The van der Waals surface area contributed by atoms with Gasteiger partial charge in [0.25, 0.3) is 5.88 Å². The molecule has 0 aliphatic carbocycles. The van der Waals surface area contributed by atoms with E-state index in [1.807, 2.05) is 4.90 Å². The van der Waals surface area contributed by atoms with Gasteiger partial charge in [-0.2, -0.15) is 4.98 Å². The Hall–Kier alpha value is -4.37. The SMILES string of the molecule is C=CC(=O)Nc1cccc(Oc2nc(N(CC)c3ccc(N4CCN(C)CC4)cc3)nc3ccoc23)c1. The molecule has 1 amide bonds. The zero-order valence-electron chi connectivity index (χ0n) is 21.1. The molecule has 0 bridgehead atoms. The molecule has 5 rings (SSSR count). The van der Waals surface area contributed by atoms with Gasteiger partial charge in [-0.15, -0.1) is 0 Å². The first-order chi connectivity index (χ1) is 18.0. The minimum absolute atomic E-state index is 0.296. The number of benzene rings is 2. The first-order valence-corrected chi connectivity index (χ1v) is 12.3. The van der Waals surface area contributed by atoms with E-state index in [0.29, 0.717) is 40.9 Å². The van der Waals surface area contributed by atoms with E-state index in [1.165, 1.54) is 11.8 Å². The number of anilines is 4. The van der Waals surface area contributed by atoms with Gasteiger partial charge in [-0.1, -0.05) is 12.6 Å². The van der Waals surface area contributed by atoms with Crippen LogP contribution in [0.2, 0.25) is 0 Å². The fourth-order valence-electron chi connectivity index (χ4n) is 4.30. The summed E-state index contributed by atoms with van der Waals surface area (Å²) in [7, 11) is 2.16. The maximum Gasteiger partial charge on any atom is 0.268 e. The Labute approximate surface area is 216 Å². The minimum Gasteiger partial charge on any atom is -0.457 e. The van der Waals surface area contributed by atoms with Gasteiger partial charge in [-0.05, 0) is 56.4 Å². The van der Waals surface area contributed by atoms with Crippen LogP contribution in [0.4, 0.5) is 23.0 Å². The average Bonchev–Trinajstić information content (AvgIpc) is 3.39. The Morgan fingerprint density at radius 1 is 1.14 bits per heavy atom. The fourth-order valence-corrected chi connectivity index (χ4v) is 4.30. The number of rotatable bonds is 8. The number of piperazine rings is 1. The van der Waals surface area contributed by atoms with Gasteiger partial charge in [-0.3, -0.25) is 4.79 Å². The molecule has 0 saturated carbocycles. The molecule has 3 heterocycles. The van der Waals surface area contributed by atoms with Gasteiger partial charge < -0.3 is 29.2 Å². The molecule has 0 radical (unpaired) electrons. The molecule has 9 nitrogen and oxygen atoms in total. The second kappa shape index (κ2) is 10.7. The normalized spacial score (nSPS) is 13.9. The van der Waals surface area contributed by atoms with Crippen LogP contribution in [-0.2, 0) is 4.79 Å². The summed E-state index contributed by atoms with van der Waals surface area (Å²) >= 11 is 0. The minimum atomic E-state index is -0.299. The Morgan fingerprint density at radius 2 is 1.92 bits per heavy atom. The summed E-state index contributed by atoms with van der Waals surface area (Å²) in [6, 6.07) is 17.4. The summed E-state index contributed by atoms with van der Waals surface area (Å²) in [5.41, 5.74) is 3.88. The molecule has 1 saturated heterocycles. The molecule has 190 valence electrons. The number of amides is 1. The van der Waals surface area contributed by atoms with E-state index in [1.54, 1.807) is 36.6 Å². The highest BCUT2D eigenvalue weighted by atomic mass is 16.5. The third-order valence-corrected chi connectivity index (χ3v) is 6.35. The first kappa shape index (κ1) is 24.3. The monoisotopic (exact) mass is 498 g/mol. The van der Waals surface area contributed by atoms with Gasteiger partial charge in [-0.25, -0.2) is 4.98 Å². The molecule has 1 fully saturated rings. The number of hydrogen-bond donors (Lipinski definition) is 1. The number of likely N-dealkylation sites (N-methyl/N-ethyl adjacent to an activating group) is 1. The number of carbonyl (C=O) groups excluding carboxylic acids is 1. The summed E-state index contributed by atoms with van der Waals surface area (Å²) in [4.78, 5) is 27.9. The third kappa shape index (κ3) is 5.41. The summed E-state index contributed by atoms with van der Waals surface area (Å²) < 4.78 is 11.8. The smallest absolute Gasteiger partial charge is 0.268 e. The topological polar surface area (TPSA) is 87.0 Å². The van der Waals surface area contributed by atoms with Crippen molar-refractivity contribution in [1.29, 1.82) is 0 Å². The van der Waals surface area contributed by atoms with Crippen molar-refractivity contribution in [2.75, 3.05) is 54.9 Å². The van der Waals surface area contributed by atoms with E-state index in [-0.39, 0.29) is 5.91 Å². The molecule has 37 heavy (non-hydrogen) atoms. The van der Waals surface area contributed by atoms with E-state index >= 15 is 0 Å². The Bertz CT molecular complexity index is 1390. The van der Waals surface area contributed by atoms with E-state index in [2.05, 4.69) is 59.9 Å². The third-order valence-electron chi connectivity index (χ3n) is 6.35. The number of nitrogens with zero attached hydrogens (tertiary/aromatic N) is 5. The second-order valence-electron chi connectivity index (χ2n) is 8.84. The van der Waals surface area contributed by atoms with Gasteiger partial charge in [0.1, 0.15) is 11.3 Å². The van der Waals surface area contributed by atoms with Gasteiger partial charge in [0.15, 0.2) is 0 Å². The lowest BCUT2D eigenvalue weighted by Crippen LogP contribution is -2.44. The maximum absolute atomic E-state index is 11.7. The molecule has 0 spiro atoms. The highest BCUT2D eigenvalue weighted by Gasteiger charge is 2.19. The van der Waals surface area contributed by atoms with Crippen LogP contribution >= 0.6 is 0 Å². The van der Waals surface area contributed by atoms with Crippen molar-refractivity contribution in [2.45, 2.75) is 6.92 Å². The van der Waals surface area contributed by atoms with Crippen LogP contribution < -0.4 is 19.9 Å². The van der Waals surface area contributed by atoms with Gasteiger partial charge in [0, 0.05) is 61.9 Å². The van der Waals surface area contributed by atoms with Gasteiger partial charge >= 0.3 is 0 Å². The van der Waals surface area contributed by atoms with Crippen molar-refractivity contribution < 1.29 is 13.9 Å². The molecule has 4 aromatic rings. The number of hydrogen-bond acceptors (Lipinski definition) is 8. The number of aromatic nitrogens is 2. The van der Waals surface area contributed by atoms with Crippen LogP contribution in [0.5, 0.6) is 11.6 Å². The maximum atomic E-state index is 11.7. The highest BCUT2D eigenvalue weighted by molar-refractivity contribution is 5.99. The molecule has 0 atom stereocenters. The van der Waals surface area contributed by atoms with Crippen molar-refractivity contribution in [3.8, 4) is 11.6 Å². The zero-order valence-corrected chi connectivity index (χ0v) is 21.1. The van der Waals surface area contributed by atoms with E-state index in [0.717, 1.165) is 31.9 Å². The molecule has 0 unspecified atom stereocenters. The van der Waals surface area contributed by atoms with E-state index < -0.39 is 0 Å². The van der Waals surface area contributed by atoms with Crippen molar-refractivity contribution >= 4 is 40.0 Å². The van der Waals surface area contributed by atoms with Crippen molar-refractivity contribution in [2.24, 2.45) is 0 Å². The predicted octanol–water partition coefficient (Wildman–Crippen LogP) is 5.05. The molecule has 9 heteroatoms. The van der Waals surface area contributed by atoms with Crippen LogP contribution in [0.1, 0.15) is 6.92 Å². The number of nitrogens with one attached hydrogen (secondary N) is 1. The Balaban J connectivity index is 1.42. The summed E-state index contributed by atoms with van der Waals surface area (Å²) in [5.74, 6) is 1.01. The molecule has 1 N–H and O–H groups in total. The zero-order chi connectivity index (χ0) is 25.8. The average molecular weight is 499 g/mol. The van der Waals surface area contributed by atoms with Crippen molar-refractivity contribution in [3.63, 3.8) is 0 Å².